The van der Waals surface area contributed by atoms with Gasteiger partial charge in [0.25, 0.3) is 5.56 Å². The highest BCUT2D eigenvalue weighted by Crippen LogP contribution is 2.45. The van der Waals surface area contributed by atoms with Crippen molar-refractivity contribution in [3.8, 4) is 17.0 Å². The average Bonchev–Trinajstić information content (AvgIpc) is 3.16. The van der Waals surface area contributed by atoms with Crippen molar-refractivity contribution in [3.63, 3.8) is 0 Å². The molecule has 0 aliphatic heterocycles. The smallest absolute Gasteiger partial charge is 0.260 e. The van der Waals surface area contributed by atoms with Gasteiger partial charge in [0.15, 0.2) is 5.82 Å². The van der Waals surface area contributed by atoms with E-state index in [0.29, 0.717) is 33.9 Å². The van der Waals surface area contributed by atoms with Crippen molar-refractivity contribution in [1.82, 2.24) is 19.7 Å². The summed E-state index contributed by atoms with van der Waals surface area (Å²) in [4.78, 5) is 18.5. The molecule has 1 N–H and O–H groups in total. The molecule has 156 valence electrons. The molecule has 3 aromatic rings. The van der Waals surface area contributed by atoms with Crippen LogP contribution in [0.5, 0.6) is 5.75 Å². The summed E-state index contributed by atoms with van der Waals surface area (Å²) in [6.45, 7) is 0. The van der Waals surface area contributed by atoms with Gasteiger partial charge in [-0.05, 0) is 55.7 Å². The number of aromatic nitrogens is 4. The lowest BCUT2D eigenvalue weighted by Gasteiger charge is -2.38. The molecule has 7 nitrogen and oxygen atoms in total. The summed E-state index contributed by atoms with van der Waals surface area (Å²) in [6, 6.07) is 6.39. The summed E-state index contributed by atoms with van der Waals surface area (Å²) in [6.07, 6.45) is 4.53. The molecule has 30 heavy (non-hydrogen) atoms. The van der Waals surface area contributed by atoms with Crippen molar-refractivity contribution >= 4 is 16.7 Å². The van der Waals surface area contributed by atoms with Crippen molar-refractivity contribution in [2.75, 3.05) is 11.9 Å². The van der Waals surface area contributed by atoms with Gasteiger partial charge in [-0.1, -0.05) is 0 Å². The van der Waals surface area contributed by atoms with Crippen LogP contribution in [0, 0.1) is 11.8 Å². The maximum Gasteiger partial charge on any atom is 0.260 e. The number of phenols is 1. The third-order valence-corrected chi connectivity index (χ3v) is 6.79. The van der Waals surface area contributed by atoms with E-state index in [1.54, 1.807) is 25.2 Å². The number of fused-ring (bicyclic) bond motifs is 3. The van der Waals surface area contributed by atoms with E-state index in [9.17, 15) is 14.3 Å². The first-order valence-electron chi connectivity index (χ1n) is 10.3. The van der Waals surface area contributed by atoms with Crippen LogP contribution in [0.3, 0.4) is 0 Å². The van der Waals surface area contributed by atoms with E-state index in [1.165, 1.54) is 17.0 Å². The monoisotopic (exact) mass is 409 g/mol. The fraction of sp³-hybridized carbons (Fsp3) is 0.455. The van der Waals surface area contributed by atoms with Gasteiger partial charge in [0, 0.05) is 25.7 Å². The third-order valence-electron chi connectivity index (χ3n) is 6.79. The number of aromatic hydroxyl groups is 1. The van der Waals surface area contributed by atoms with Crippen LogP contribution >= 0.6 is 0 Å². The van der Waals surface area contributed by atoms with Crippen LogP contribution in [-0.2, 0) is 7.05 Å². The molecular formula is C22H24FN5O2. The largest absolute Gasteiger partial charge is 0.507 e. The molecule has 2 aliphatic rings. The van der Waals surface area contributed by atoms with Crippen molar-refractivity contribution in [1.29, 1.82) is 0 Å². The van der Waals surface area contributed by atoms with Crippen molar-refractivity contribution in [2.24, 2.45) is 18.9 Å². The van der Waals surface area contributed by atoms with Crippen LogP contribution < -0.4 is 10.5 Å². The number of alkyl halides is 1. The van der Waals surface area contributed by atoms with E-state index in [2.05, 4.69) is 15.2 Å². The molecule has 0 radical (unpaired) electrons. The van der Waals surface area contributed by atoms with Gasteiger partial charge in [-0.15, -0.1) is 10.2 Å². The number of hydrogen-bond acceptors (Lipinski definition) is 6. The maximum absolute atomic E-state index is 14.9. The third kappa shape index (κ3) is 3.02. The van der Waals surface area contributed by atoms with Crippen LogP contribution in [0.25, 0.3) is 22.2 Å². The Hall–Kier alpha value is -3.03. The van der Waals surface area contributed by atoms with Gasteiger partial charge >= 0.3 is 0 Å². The number of aryl methyl sites for hydroxylation is 1. The van der Waals surface area contributed by atoms with Gasteiger partial charge in [-0.2, -0.15) is 0 Å². The molecule has 0 unspecified atom stereocenters. The Kier molecular flexibility index (Phi) is 4.45. The van der Waals surface area contributed by atoms with E-state index in [-0.39, 0.29) is 23.3 Å². The summed E-state index contributed by atoms with van der Waals surface area (Å²) in [5, 5.41) is 19.4. The summed E-state index contributed by atoms with van der Waals surface area (Å²) >= 11 is 0. The number of phenolic OH excluding ortho intramolecular Hbond substituents is 1. The molecule has 0 spiro atoms. The lowest BCUT2D eigenvalue weighted by Crippen LogP contribution is -2.46. The zero-order valence-corrected chi connectivity index (χ0v) is 17.0. The Bertz CT molecular complexity index is 1160. The first-order chi connectivity index (χ1) is 14.4. The number of halogens is 1. The van der Waals surface area contributed by atoms with E-state index in [1.807, 2.05) is 11.9 Å². The molecule has 2 aromatic heterocycles. The first kappa shape index (κ1) is 19.0. The minimum atomic E-state index is -0.844. The molecule has 2 heterocycles. The Labute approximate surface area is 173 Å². The molecule has 0 saturated heterocycles. The minimum Gasteiger partial charge on any atom is -0.507 e. The van der Waals surface area contributed by atoms with Crippen molar-refractivity contribution < 1.29 is 9.50 Å². The van der Waals surface area contributed by atoms with Crippen LogP contribution in [0.1, 0.15) is 25.7 Å². The highest BCUT2D eigenvalue weighted by atomic mass is 19.1. The Balaban J connectivity index is 1.46. The summed E-state index contributed by atoms with van der Waals surface area (Å²) in [5.41, 5.74) is 1.07. The van der Waals surface area contributed by atoms with Gasteiger partial charge in [0.1, 0.15) is 11.9 Å². The topological polar surface area (TPSA) is 84.1 Å². The summed E-state index contributed by atoms with van der Waals surface area (Å²) in [7, 11) is 3.50. The lowest BCUT2D eigenvalue weighted by atomic mass is 9.83. The fourth-order valence-corrected chi connectivity index (χ4v) is 5.05. The van der Waals surface area contributed by atoms with Crippen LogP contribution in [0.4, 0.5) is 10.2 Å². The predicted octanol–water partition coefficient (Wildman–Crippen LogP) is 3.06. The van der Waals surface area contributed by atoms with Gasteiger partial charge in [-0.3, -0.25) is 4.79 Å². The van der Waals surface area contributed by atoms with Crippen LogP contribution in [0.2, 0.25) is 0 Å². The highest BCUT2D eigenvalue weighted by molar-refractivity contribution is 5.86. The summed E-state index contributed by atoms with van der Waals surface area (Å²) in [5.74, 6) is 1.35. The second kappa shape index (κ2) is 7.04. The number of rotatable bonds is 3. The standard InChI is InChI=1S/C22H24FN5O2/c1-27-11-24-17-10-19(29)14(9-15(17)22(27)30)16-5-6-20(26-25-16)28(2)18-8-12-3-4-13(7-12)21(18)23/h5-6,9-13,18,21,29H,3-4,7-8H2,1-2H3/t12-,13+,18+,21-/m1/s1. The van der Waals surface area contributed by atoms with E-state index >= 15 is 0 Å². The molecule has 4 atom stereocenters. The fourth-order valence-electron chi connectivity index (χ4n) is 5.05. The van der Waals surface area contributed by atoms with E-state index in [0.717, 1.165) is 25.7 Å². The molecule has 2 saturated carbocycles. The predicted molar refractivity (Wildman–Crippen MR) is 112 cm³/mol. The molecule has 2 bridgehead atoms. The Morgan fingerprint density at radius 1 is 1.20 bits per heavy atom. The maximum atomic E-state index is 14.9. The number of nitrogens with zero attached hydrogens (tertiary/aromatic N) is 5. The van der Waals surface area contributed by atoms with Crippen molar-refractivity contribution in [3.05, 3.63) is 40.9 Å². The zero-order chi connectivity index (χ0) is 21.0. The Morgan fingerprint density at radius 3 is 2.80 bits per heavy atom. The first-order valence-corrected chi connectivity index (χ1v) is 10.3. The van der Waals surface area contributed by atoms with Crippen LogP contribution in [-0.4, -0.2) is 44.1 Å². The highest BCUT2D eigenvalue weighted by Gasteiger charge is 2.44. The number of hydrogen-bond donors (Lipinski definition) is 1. The number of anilines is 1. The van der Waals surface area contributed by atoms with Gasteiger partial charge < -0.3 is 14.6 Å². The summed E-state index contributed by atoms with van der Waals surface area (Å²) < 4.78 is 16.3. The zero-order valence-electron chi connectivity index (χ0n) is 17.0. The lowest BCUT2D eigenvalue weighted by molar-refractivity contribution is 0.144. The SMILES string of the molecule is CN(c1ccc(-c2cc3c(=O)n(C)cnc3cc2O)nn1)[C@H]1C[C@@H]2CC[C@@H](C2)[C@H]1F. The van der Waals surface area contributed by atoms with Crippen molar-refractivity contribution in [2.45, 2.75) is 37.9 Å². The van der Waals surface area contributed by atoms with Gasteiger partial charge in [0.2, 0.25) is 0 Å². The van der Waals surface area contributed by atoms with Gasteiger partial charge in [-0.25, -0.2) is 9.37 Å². The molecular weight excluding hydrogens is 385 g/mol. The average molecular weight is 409 g/mol. The molecule has 2 aliphatic carbocycles. The van der Waals surface area contributed by atoms with E-state index in [4.69, 9.17) is 0 Å². The second-order valence-electron chi connectivity index (χ2n) is 8.62. The molecule has 0 amide bonds. The van der Waals surface area contributed by atoms with Crippen LogP contribution in [0.15, 0.2) is 35.4 Å². The van der Waals surface area contributed by atoms with E-state index < -0.39 is 6.17 Å². The number of benzene rings is 1. The Morgan fingerprint density at radius 2 is 2.03 bits per heavy atom. The molecule has 8 heteroatoms. The minimum absolute atomic E-state index is 0.0219. The second-order valence-corrected chi connectivity index (χ2v) is 8.62. The normalized spacial score (nSPS) is 25.6. The molecule has 2 fully saturated rings. The quantitative estimate of drug-likeness (QED) is 0.716. The molecule has 5 rings (SSSR count). The van der Waals surface area contributed by atoms with Gasteiger partial charge in [0.05, 0.1) is 29.0 Å². The molecule has 1 aromatic carbocycles.